The third-order valence-electron chi connectivity index (χ3n) is 4.75. The molecular formula is C21H22N4O4. The highest BCUT2D eigenvalue weighted by atomic mass is 16.7. The molecule has 4 rings (SSSR count). The summed E-state index contributed by atoms with van der Waals surface area (Å²) in [6.07, 6.45) is 4.90. The number of benzene rings is 1. The molecule has 1 aromatic heterocycles. The molecular weight excluding hydrogens is 372 g/mol. The van der Waals surface area contributed by atoms with Crippen LogP contribution in [0.25, 0.3) is 6.08 Å². The Morgan fingerprint density at radius 2 is 2.10 bits per heavy atom. The summed E-state index contributed by atoms with van der Waals surface area (Å²) in [5, 5.41) is 2.80. The summed E-state index contributed by atoms with van der Waals surface area (Å²) in [7, 11) is 3.63. The lowest BCUT2D eigenvalue weighted by Crippen LogP contribution is -2.26. The van der Waals surface area contributed by atoms with E-state index in [0.29, 0.717) is 31.2 Å². The van der Waals surface area contributed by atoms with E-state index < -0.39 is 0 Å². The average Bonchev–Trinajstić information content (AvgIpc) is 3.09. The van der Waals surface area contributed by atoms with E-state index >= 15 is 0 Å². The van der Waals surface area contributed by atoms with Crippen molar-refractivity contribution in [3.05, 3.63) is 53.2 Å². The first-order chi connectivity index (χ1) is 14.0. The second-order valence-electron chi connectivity index (χ2n) is 7.21. The average molecular weight is 394 g/mol. The third kappa shape index (κ3) is 4.38. The molecule has 2 aliphatic rings. The number of amides is 2. The quantitative estimate of drug-likeness (QED) is 0.797. The van der Waals surface area contributed by atoms with E-state index in [0.717, 1.165) is 22.4 Å². The van der Waals surface area contributed by atoms with Gasteiger partial charge in [0.05, 0.1) is 6.54 Å². The molecule has 1 aromatic carbocycles. The molecule has 2 aromatic rings. The van der Waals surface area contributed by atoms with Gasteiger partial charge in [0.15, 0.2) is 11.5 Å². The molecule has 0 aliphatic carbocycles. The number of likely N-dealkylation sites (N-methyl/N-ethyl adjacent to an activating group) is 2. The highest BCUT2D eigenvalue weighted by Crippen LogP contribution is 2.32. The van der Waals surface area contributed by atoms with Crippen molar-refractivity contribution in [2.45, 2.75) is 13.1 Å². The third-order valence-corrected chi connectivity index (χ3v) is 4.75. The second-order valence-corrected chi connectivity index (χ2v) is 7.21. The van der Waals surface area contributed by atoms with Crippen LogP contribution in [-0.2, 0) is 22.7 Å². The molecule has 0 radical (unpaired) electrons. The van der Waals surface area contributed by atoms with Gasteiger partial charge in [0.25, 0.3) is 0 Å². The van der Waals surface area contributed by atoms with Gasteiger partial charge in [0.2, 0.25) is 18.6 Å². The molecule has 29 heavy (non-hydrogen) atoms. The van der Waals surface area contributed by atoms with Crippen LogP contribution < -0.4 is 14.8 Å². The minimum Gasteiger partial charge on any atom is -0.454 e. The Kier molecular flexibility index (Phi) is 5.18. The first-order valence-corrected chi connectivity index (χ1v) is 9.27. The number of aromatic nitrogens is 1. The van der Waals surface area contributed by atoms with Crippen LogP contribution in [0, 0.1) is 0 Å². The Morgan fingerprint density at radius 1 is 1.28 bits per heavy atom. The van der Waals surface area contributed by atoms with Crippen molar-refractivity contribution in [2.75, 3.05) is 32.7 Å². The van der Waals surface area contributed by atoms with Crippen LogP contribution in [0.15, 0.2) is 36.5 Å². The number of pyridine rings is 1. The van der Waals surface area contributed by atoms with Crippen molar-refractivity contribution in [1.82, 2.24) is 14.8 Å². The van der Waals surface area contributed by atoms with E-state index in [4.69, 9.17) is 9.47 Å². The maximum Gasteiger partial charge on any atom is 0.246 e. The first-order valence-electron chi connectivity index (χ1n) is 9.27. The molecule has 2 amide bonds. The Balaban J connectivity index is 1.42. The van der Waals surface area contributed by atoms with Crippen molar-refractivity contribution >= 4 is 23.7 Å². The number of carbonyl (C=O) groups is 2. The number of fused-ring (bicyclic) bond motifs is 2. The van der Waals surface area contributed by atoms with Gasteiger partial charge in [-0.1, -0.05) is 6.07 Å². The normalized spacial score (nSPS) is 15.7. The molecule has 8 heteroatoms. The topological polar surface area (TPSA) is 84.0 Å². The van der Waals surface area contributed by atoms with E-state index in [-0.39, 0.29) is 18.6 Å². The number of hydrogen-bond donors (Lipinski definition) is 1. The fourth-order valence-corrected chi connectivity index (χ4v) is 3.30. The van der Waals surface area contributed by atoms with E-state index in [9.17, 15) is 9.59 Å². The van der Waals surface area contributed by atoms with Gasteiger partial charge in [-0.15, -0.1) is 0 Å². The molecule has 0 fully saturated rings. The van der Waals surface area contributed by atoms with Crippen LogP contribution in [0.4, 0.5) is 5.82 Å². The summed E-state index contributed by atoms with van der Waals surface area (Å²) in [6.45, 7) is 1.62. The Morgan fingerprint density at radius 3 is 2.97 bits per heavy atom. The highest BCUT2D eigenvalue weighted by Gasteiger charge is 2.18. The zero-order valence-electron chi connectivity index (χ0n) is 16.3. The molecule has 150 valence electrons. The van der Waals surface area contributed by atoms with Gasteiger partial charge in [-0.05, 0) is 42.4 Å². The van der Waals surface area contributed by atoms with Crippen molar-refractivity contribution in [3.63, 3.8) is 0 Å². The van der Waals surface area contributed by atoms with Crippen LogP contribution in [0.5, 0.6) is 11.5 Å². The number of hydrogen-bond acceptors (Lipinski definition) is 6. The maximum atomic E-state index is 12.5. The van der Waals surface area contributed by atoms with E-state index in [2.05, 4.69) is 10.3 Å². The molecule has 0 spiro atoms. The van der Waals surface area contributed by atoms with Gasteiger partial charge >= 0.3 is 0 Å². The maximum absolute atomic E-state index is 12.5. The van der Waals surface area contributed by atoms with Crippen LogP contribution in [0.1, 0.15) is 16.7 Å². The van der Waals surface area contributed by atoms with E-state index in [1.165, 1.54) is 6.08 Å². The van der Waals surface area contributed by atoms with Gasteiger partial charge in [0, 0.05) is 38.0 Å². The SMILES string of the molecule is CN1CC(=O)Nc2ncc(/C=C/C(=O)N(C)Cc3ccc4c(c3)OCO4)cc2C1. The van der Waals surface area contributed by atoms with Crippen molar-refractivity contribution in [3.8, 4) is 11.5 Å². The lowest BCUT2D eigenvalue weighted by Gasteiger charge is -2.15. The first kappa shape index (κ1) is 18.9. The predicted octanol–water partition coefficient (Wildman–Crippen LogP) is 1.87. The molecule has 0 saturated heterocycles. The number of ether oxygens (including phenoxy) is 2. The van der Waals surface area contributed by atoms with Gasteiger partial charge in [-0.25, -0.2) is 4.98 Å². The van der Waals surface area contributed by atoms with Crippen LogP contribution in [0.2, 0.25) is 0 Å². The largest absolute Gasteiger partial charge is 0.454 e. The fourth-order valence-electron chi connectivity index (χ4n) is 3.30. The number of nitrogens with one attached hydrogen (secondary N) is 1. The zero-order valence-corrected chi connectivity index (χ0v) is 16.3. The summed E-state index contributed by atoms with van der Waals surface area (Å²) in [5.41, 5.74) is 2.68. The number of carbonyl (C=O) groups excluding carboxylic acids is 2. The molecule has 0 bridgehead atoms. The lowest BCUT2D eigenvalue weighted by atomic mass is 10.1. The summed E-state index contributed by atoms with van der Waals surface area (Å²) < 4.78 is 10.7. The Hall–Kier alpha value is -3.39. The Bertz CT molecular complexity index is 989. The standard InChI is InChI=1S/C21H22N4O4/c1-24-11-16-7-14(9-22-21(16)23-19(26)12-24)4-6-20(27)25(2)10-15-3-5-17-18(8-15)29-13-28-17/h3-9H,10-13H2,1-2H3,(H,22,23,26)/b6-4+. The predicted molar refractivity (Wildman–Crippen MR) is 107 cm³/mol. The number of rotatable bonds is 4. The molecule has 0 unspecified atom stereocenters. The number of anilines is 1. The minimum atomic E-state index is -0.122. The monoisotopic (exact) mass is 394 g/mol. The second kappa shape index (κ2) is 7.92. The Labute approximate surface area is 168 Å². The highest BCUT2D eigenvalue weighted by molar-refractivity contribution is 5.93. The molecule has 2 aliphatic heterocycles. The van der Waals surface area contributed by atoms with Gasteiger partial charge in [-0.2, -0.15) is 0 Å². The summed E-state index contributed by atoms with van der Waals surface area (Å²) in [5.74, 6) is 1.79. The van der Waals surface area contributed by atoms with Crippen molar-refractivity contribution in [1.29, 1.82) is 0 Å². The lowest BCUT2D eigenvalue weighted by molar-refractivity contribution is -0.125. The smallest absolute Gasteiger partial charge is 0.246 e. The zero-order chi connectivity index (χ0) is 20.4. The molecule has 0 atom stereocenters. The van der Waals surface area contributed by atoms with E-state index in [1.807, 2.05) is 36.2 Å². The van der Waals surface area contributed by atoms with Crippen LogP contribution in [-0.4, -0.2) is 54.0 Å². The van der Waals surface area contributed by atoms with Crippen molar-refractivity contribution in [2.24, 2.45) is 0 Å². The number of nitrogens with zero attached hydrogens (tertiary/aromatic N) is 3. The summed E-state index contributed by atoms with van der Waals surface area (Å²) >= 11 is 0. The molecule has 0 saturated carbocycles. The summed E-state index contributed by atoms with van der Waals surface area (Å²) in [4.78, 5) is 32.1. The molecule has 3 heterocycles. The van der Waals surface area contributed by atoms with Crippen LogP contribution in [0.3, 0.4) is 0 Å². The van der Waals surface area contributed by atoms with Gasteiger partial charge in [-0.3, -0.25) is 14.5 Å². The van der Waals surface area contributed by atoms with Crippen LogP contribution >= 0.6 is 0 Å². The minimum absolute atomic E-state index is 0.0811. The molecule has 1 N–H and O–H groups in total. The van der Waals surface area contributed by atoms with Gasteiger partial charge < -0.3 is 19.7 Å². The molecule has 8 nitrogen and oxygen atoms in total. The van der Waals surface area contributed by atoms with Crippen molar-refractivity contribution < 1.29 is 19.1 Å². The fraction of sp³-hybridized carbons (Fsp3) is 0.286. The summed E-state index contributed by atoms with van der Waals surface area (Å²) in [6, 6.07) is 7.59. The van der Waals surface area contributed by atoms with Gasteiger partial charge in [0.1, 0.15) is 5.82 Å². The van der Waals surface area contributed by atoms with E-state index in [1.54, 1.807) is 24.2 Å².